The molecule has 0 radical (unpaired) electrons. The predicted molar refractivity (Wildman–Crippen MR) is 72.0 cm³/mol. The number of halogens is 3. The van der Waals surface area contributed by atoms with E-state index in [2.05, 4.69) is 0 Å². The largest absolute Gasteiger partial charge is 0.401 e. The number of hydrogen-bond acceptors (Lipinski definition) is 2. The zero-order chi connectivity index (χ0) is 15.4. The molecule has 0 atom stereocenters. The molecule has 0 heterocycles. The van der Waals surface area contributed by atoms with Crippen LogP contribution in [0.2, 0.25) is 0 Å². The zero-order valence-corrected chi connectivity index (χ0v) is 13.1. The Morgan fingerprint density at radius 1 is 1.00 bits per heavy atom. The summed E-state index contributed by atoms with van der Waals surface area (Å²) < 4.78 is 40.9. The minimum absolute atomic E-state index is 0.361. The van der Waals surface area contributed by atoms with Crippen molar-refractivity contribution in [1.82, 2.24) is 4.90 Å². The minimum Gasteiger partial charge on any atom is -0.379 e. The minimum atomic E-state index is -4.12. The fraction of sp³-hybridized carbons (Fsp3) is 1.00. The molecule has 0 bridgehead atoms. The summed E-state index contributed by atoms with van der Waals surface area (Å²) in [6, 6.07) is 0. The molecule has 0 spiro atoms. The van der Waals surface area contributed by atoms with Crippen LogP contribution in [0.1, 0.15) is 48.0 Å². The van der Waals surface area contributed by atoms with Crippen molar-refractivity contribution in [3.05, 3.63) is 0 Å². The second kappa shape index (κ2) is 11.8. The van der Waals surface area contributed by atoms with Gasteiger partial charge in [-0.05, 0) is 27.3 Å². The molecule has 0 aromatic carbocycles. The van der Waals surface area contributed by atoms with E-state index in [-0.39, 0.29) is 5.60 Å². The smallest absolute Gasteiger partial charge is 0.379 e. The molecule has 114 valence electrons. The van der Waals surface area contributed by atoms with Gasteiger partial charge >= 0.3 is 6.18 Å². The molecule has 0 amide bonds. The average Bonchev–Trinajstić information content (AvgIpc) is 2.30. The monoisotopic (exact) mass is 273 g/mol. The Balaban J connectivity index is -0.000000506. The summed E-state index contributed by atoms with van der Waals surface area (Å²) in [7, 11) is 3.02. The molecule has 18 heavy (non-hydrogen) atoms. The molecule has 0 aliphatic heterocycles. The lowest BCUT2D eigenvalue weighted by Gasteiger charge is -2.26. The van der Waals surface area contributed by atoms with E-state index < -0.39 is 12.7 Å². The summed E-state index contributed by atoms with van der Waals surface area (Å²) in [5.41, 5.74) is -0.361. The maximum Gasteiger partial charge on any atom is 0.401 e. The normalized spacial score (nSPS) is 11.3. The second-order valence-electron chi connectivity index (χ2n) is 4.07. The van der Waals surface area contributed by atoms with Crippen molar-refractivity contribution in [2.45, 2.75) is 59.7 Å². The third-order valence-corrected chi connectivity index (χ3v) is 2.10. The first kappa shape index (κ1) is 22.9. The number of hydrogen-bond donors (Lipinski definition) is 0. The Kier molecular flexibility index (Phi) is 15.0. The predicted octanol–water partition coefficient (Wildman–Crippen LogP) is 4.35. The van der Waals surface area contributed by atoms with Gasteiger partial charge in [0, 0.05) is 13.7 Å². The first-order valence-electron chi connectivity index (χ1n) is 6.47. The maximum atomic E-state index is 11.9. The van der Waals surface area contributed by atoms with E-state index in [0.717, 1.165) is 0 Å². The van der Waals surface area contributed by atoms with E-state index in [1.807, 2.05) is 41.5 Å². The van der Waals surface area contributed by atoms with E-state index in [0.29, 0.717) is 13.0 Å². The summed E-state index contributed by atoms with van der Waals surface area (Å²) in [5, 5.41) is 0. The SMILES string of the molecule is CC.CC.COC(C)(C)CCN(C)CC(F)(F)F. The lowest BCUT2D eigenvalue weighted by Crippen LogP contribution is -2.35. The van der Waals surface area contributed by atoms with E-state index in [4.69, 9.17) is 4.74 Å². The van der Waals surface area contributed by atoms with Crippen LogP contribution in [0, 0.1) is 0 Å². The van der Waals surface area contributed by atoms with Gasteiger partial charge in [-0.3, -0.25) is 4.90 Å². The number of methoxy groups -OCH3 is 1. The molecule has 0 fully saturated rings. The number of nitrogens with zero attached hydrogens (tertiary/aromatic N) is 1. The molecule has 0 unspecified atom stereocenters. The van der Waals surface area contributed by atoms with Gasteiger partial charge in [-0.15, -0.1) is 0 Å². The van der Waals surface area contributed by atoms with Crippen LogP contribution in [0.3, 0.4) is 0 Å². The molecule has 0 aliphatic carbocycles. The molecule has 0 rings (SSSR count). The Bertz CT molecular complexity index is 170. The van der Waals surface area contributed by atoms with Crippen LogP contribution in [0.15, 0.2) is 0 Å². The van der Waals surface area contributed by atoms with Gasteiger partial charge in [-0.2, -0.15) is 13.2 Å². The van der Waals surface area contributed by atoms with E-state index in [9.17, 15) is 13.2 Å². The van der Waals surface area contributed by atoms with Crippen LogP contribution >= 0.6 is 0 Å². The van der Waals surface area contributed by atoms with Crippen LogP contribution in [-0.4, -0.2) is 43.9 Å². The summed E-state index contributed by atoms with van der Waals surface area (Å²) in [4.78, 5) is 1.25. The molecule has 0 aromatic rings. The molecule has 0 aromatic heterocycles. The van der Waals surface area contributed by atoms with Gasteiger partial charge in [0.2, 0.25) is 0 Å². The Morgan fingerprint density at radius 2 is 1.39 bits per heavy atom. The highest BCUT2D eigenvalue weighted by Crippen LogP contribution is 2.18. The summed E-state index contributed by atoms with van der Waals surface area (Å²) in [5.74, 6) is 0. The quantitative estimate of drug-likeness (QED) is 0.738. The summed E-state index contributed by atoms with van der Waals surface area (Å²) in [6.07, 6.45) is -3.54. The summed E-state index contributed by atoms with van der Waals surface area (Å²) >= 11 is 0. The molecule has 0 saturated carbocycles. The molecule has 0 saturated heterocycles. The van der Waals surface area contributed by atoms with Crippen molar-refractivity contribution in [1.29, 1.82) is 0 Å². The Morgan fingerprint density at radius 3 is 1.67 bits per heavy atom. The fourth-order valence-corrected chi connectivity index (χ4v) is 0.947. The topological polar surface area (TPSA) is 12.5 Å². The molecule has 0 aliphatic rings. The lowest BCUT2D eigenvalue weighted by atomic mass is 10.1. The van der Waals surface area contributed by atoms with Crippen molar-refractivity contribution in [3.63, 3.8) is 0 Å². The van der Waals surface area contributed by atoms with Gasteiger partial charge < -0.3 is 4.74 Å². The second-order valence-corrected chi connectivity index (χ2v) is 4.07. The van der Waals surface area contributed by atoms with Gasteiger partial charge in [0.25, 0.3) is 0 Å². The maximum absolute atomic E-state index is 11.9. The molecule has 0 N–H and O–H groups in total. The Hall–Kier alpha value is -0.290. The zero-order valence-electron chi connectivity index (χ0n) is 13.1. The molecular weight excluding hydrogens is 243 g/mol. The summed E-state index contributed by atoms with van der Waals surface area (Å²) in [6.45, 7) is 11.2. The lowest BCUT2D eigenvalue weighted by molar-refractivity contribution is -0.144. The van der Waals surface area contributed by atoms with Gasteiger partial charge in [-0.25, -0.2) is 0 Å². The van der Waals surface area contributed by atoms with E-state index >= 15 is 0 Å². The van der Waals surface area contributed by atoms with Crippen LogP contribution in [0.4, 0.5) is 13.2 Å². The third-order valence-electron chi connectivity index (χ3n) is 2.10. The highest BCUT2D eigenvalue weighted by atomic mass is 19.4. The Labute approximate surface area is 111 Å². The first-order valence-corrected chi connectivity index (χ1v) is 6.47. The van der Waals surface area contributed by atoms with Crippen LogP contribution in [0.25, 0.3) is 0 Å². The number of alkyl halides is 3. The van der Waals surface area contributed by atoms with Gasteiger partial charge in [-0.1, -0.05) is 27.7 Å². The number of rotatable bonds is 5. The standard InChI is InChI=1S/C9H18F3NO.2C2H6/c1-8(2,14-4)5-6-13(3)7-9(10,11)12;2*1-2/h5-7H2,1-4H3;2*1-2H3. The third kappa shape index (κ3) is 18.1. The first-order chi connectivity index (χ1) is 8.16. The van der Waals surface area contributed by atoms with Crippen molar-refractivity contribution in [2.24, 2.45) is 0 Å². The van der Waals surface area contributed by atoms with Crippen molar-refractivity contribution >= 4 is 0 Å². The fourth-order valence-electron chi connectivity index (χ4n) is 0.947. The van der Waals surface area contributed by atoms with Crippen molar-refractivity contribution in [2.75, 3.05) is 27.2 Å². The van der Waals surface area contributed by atoms with Gasteiger partial charge in [0.1, 0.15) is 0 Å². The highest BCUT2D eigenvalue weighted by molar-refractivity contribution is 4.70. The van der Waals surface area contributed by atoms with Gasteiger partial charge in [0.05, 0.1) is 12.1 Å². The molecule has 5 heteroatoms. The average molecular weight is 273 g/mol. The highest BCUT2D eigenvalue weighted by Gasteiger charge is 2.29. The van der Waals surface area contributed by atoms with Crippen molar-refractivity contribution < 1.29 is 17.9 Å². The molecular formula is C13H30F3NO. The van der Waals surface area contributed by atoms with E-state index in [1.54, 1.807) is 7.11 Å². The van der Waals surface area contributed by atoms with Crippen LogP contribution < -0.4 is 0 Å². The van der Waals surface area contributed by atoms with Crippen LogP contribution in [0.5, 0.6) is 0 Å². The molecule has 2 nitrogen and oxygen atoms in total. The number of ether oxygens (including phenoxy) is 1. The van der Waals surface area contributed by atoms with Crippen molar-refractivity contribution in [3.8, 4) is 0 Å². The van der Waals surface area contributed by atoms with Gasteiger partial charge in [0.15, 0.2) is 0 Å². The van der Waals surface area contributed by atoms with Crippen LogP contribution in [-0.2, 0) is 4.74 Å². The van der Waals surface area contributed by atoms with E-state index in [1.165, 1.54) is 11.9 Å².